The monoisotopic (exact) mass is 293 g/mol. The molecule has 1 fully saturated rings. The Balaban J connectivity index is 1.49. The second-order valence-corrected chi connectivity index (χ2v) is 8.35. The van der Waals surface area contributed by atoms with Gasteiger partial charge in [0, 0.05) is 28.0 Å². The molecule has 3 atom stereocenters. The zero-order valence-electron chi connectivity index (χ0n) is 11.6. The van der Waals surface area contributed by atoms with Gasteiger partial charge in [-0.2, -0.15) is 11.8 Å². The number of nitrogens with one attached hydrogen (secondary N) is 1. The molecular weight excluding hydrogens is 270 g/mol. The summed E-state index contributed by atoms with van der Waals surface area (Å²) in [4.78, 5) is 1.50. The average molecular weight is 294 g/mol. The van der Waals surface area contributed by atoms with E-state index in [0.29, 0.717) is 0 Å². The molecule has 1 heterocycles. The summed E-state index contributed by atoms with van der Waals surface area (Å²) in [6.45, 7) is 3.45. The Morgan fingerprint density at radius 1 is 1.32 bits per heavy atom. The lowest BCUT2D eigenvalue weighted by molar-refractivity contribution is 0.529. The molecule has 0 spiro atoms. The van der Waals surface area contributed by atoms with E-state index >= 15 is 0 Å². The Morgan fingerprint density at radius 3 is 3.05 bits per heavy atom. The summed E-state index contributed by atoms with van der Waals surface area (Å²) in [6.07, 6.45) is 5.44. The van der Waals surface area contributed by atoms with Crippen molar-refractivity contribution in [3.8, 4) is 0 Å². The summed E-state index contributed by atoms with van der Waals surface area (Å²) in [7, 11) is 0. The fraction of sp³-hybridized carbons (Fsp3) is 0.625. The van der Waals surface area contributed by atoms with E-state index in [9.17, 15) is 0 Å². The molecule has 1 aromatic carbocycles. The van der Waals surface area contributed by atoms with Crippen LogP contribution in [0.1, 0.15) is 31.7 Å². The molecule has 2 aliphatic rings. The molecule has 1 aliphatic carbocycles. The molecular formula is C16H23NS2. The fourth-order valence-electron chi connectivity index (χ4n) is 3.22. The van der Waals surface area contributed by atoms with Crippen molar-refractivity contribution in [2.45, 2.75) is 54.0 Å². The van der Waals surface area contributed by atoms with E-state index in [-0.39, 0.29) is 0 Å². The summed E-state index contributed by atoms with van der Waals surface area (Å²) in [5, 5.41) is 5.45. The first-order valence-corrected chi connectivity index (χ1v) is 9.39. The molecule has 0 aromatic heterocycles. The fourth-order valence-corrected chi connectivity index (χ4v) is 5.71. The summed E-state index contributed by atoms with van der Waals surface area (Å²) in [6, 6.07) is 9.64. The molecule has 1 nitrogen and oxygen atoms in total. The van der Waals surface area contributed by atoms with Crippen molar-refractivity contribution in [3.63, 3.8) is 0 Å². The van der Waals surface area contributed by atoms with Gasteiger partial charge in [0.05, 0.1) is 0 Å². The van der Waals surface area contributed by atoms with E-state index in [1.165, 1.54) is 42.9 Å². The van der Waals surface area contributed by atoms with Crippen molar-refractivity contribution in [2.75, 3.05) is 12.3 Å². The van der Waals surface area contributed by atoms with Crippen LogP contribution in [0.5, 0.6) is 0 Å². The van der Waals surface area contributed by atoms with Crippen LogP contribution in [0.15, 0.2) is 29.2 Å². The predicted octanol–water partition coefficient (Wildman–Crippen LogP) is 3.97. The van der Waals surface area contributed by atoms with Gasteiger partial charge < -0.3 is 5.32 Å². The zero-order valence-corrected chi connectivity index (χ0v) is 13.2. The summed E-state index contributed by atoms with van der Waals surface area (Å²) in [5.74, 6) is 1.26. The van der Waals surface area contributed by atoms with E-state index in [4.69, 9.17) is 0 Å². The van der Waals surface area contributed by atoms with Gasteiger partial charge in [-0.15, -0.1) is 11.8 Å². The molecule has 0 amide bonds. The molecule has 0 saturated heterocycles. The molecule has 0 radical (unpaired) electrons. The van der Waals surface area contributed by atoms with Gasteiger partial charge in [0.25, 0.3) is 0 Å². The third kappa shape index (κ3) is 3.32. The summed E-state index contributed by atoms with van der Waals surface area (Å²) in [5.41, 5.74) is 1.55. The molecule has 0 bridgehead atoms. The lowest BCUT2D eigenvalue weighted by atomic mass is 10.1. The van der Waals surface area contributed by atoms with Gasteiger partial charge in [-0.25, -0.2) is 0 Å². The first kappa shape index (κ1) is 13.8. The Kier molecular flexibility index (Phi) is 4.78. The molecule has 3 unspecified atom stereocenters. The van der Waals surface area contributed by atoms with Gasteiger partial charge in [0.15, 0.2) is 0 Å². The predicted molar refractivity (Wildman–Crippen MR) is 87.4 cm³/mol. The van der Waals surface area contributed by atoms with Crippen LogP contribution in [-0.2, 0) is 6.42 Å². The van der Waals surface area contributed by atoms with Crippen LogP contribution < -0.4 is 5.32 Å². The summed E-state index contributed by atoms with van der Waals surface area (Å²) >= 11 is 4.21. The second-order valence-electron chi connectivity index (χ2n) is 5.49. The van der Waals surface area contributed by atoms with Gasteiger partial charge in [-0.1, -0.05) is 31.5 Å². The minimum absolute atomic E-state index is 0.741. The normalized spacial score (nSPS) is 29.6. The highest BCUT2D eigenvalue weighted by Gasteiger charge is 2.28. The maximum absolute atomic E-state index is 3.85. The van der Waals surface area contributed by atoms with Gasteiger partial charge in [-0.05, 0) is 36.6 Å². The van der Waals surface area contributed by atoms with Crippen LogP contribution in [0.2, 0.25) is 0 Å². The van der Waals surface area contributed by atoms with Gasteiger partial charge in [0.2, 0.25) is 0 Å². The van der Waals surface area contributed by atoms with Gasteiger partial charge in [0.1, 0.15) is 0 Å². The largest absolute Gasteiger partial charge is 0.312 e. The molecule has 1 N–H and O–H groups in total. The molecule has 3 heteroatoms. The number of fused-ring (bicyclic) bond motifs is 1. The highest BCUT2D eigenvalue weighted by Crippen LogP contribution is 2.37. The van der Waals surface area contributed by atoms with E-state index in [1.807, 2.05) is 0 Å². The van der Waals surface area contributed by atoms with Crippen molar-refractivity contribution in [2.24, 2.45) is 0 Å². The van der Waals surface area contributed by atoms with Gasteiger partial charge in [-0.3, -0.25) is 0 Å². The zero-order chi connectivity index (χ0) is 13.1. The maximum Gasteiger partial charge on any atom is 0.0260 e. The van der Waals surface area contributed by atoms with Crippen LogP contribution in [0.25, 0.3) is 0 Å². The molecule has 3 rings (SSSR count). The SMILES string of the molecule is CCSC1CCCC1NCC1Cc2ccccc2S1. The number of hydrogen-bond donors (Lipinski definition) is 1. The Labute approximate surface area is 125 Å². The first-order valence-electron chi connectivity index (χ1n) is 7.46. The van der Waals surface area contributed by atoms with Crippen molar-refractivity contribution < 1.29 is 0 Å². The van der Waals surface area contributed by atoms with Crippen LogP contribution in [-0.4, -0.2) is 28.8 Å². The second kappa shape index (κ2) is 6.55. The lowest BCUT2D eigenvalue weighted by Crippen LogP contribution is -2.38. The minimum atomic E-state index is 0.741. The van der Waals surface area contributed by atoms with E-state index in [0.717, 1.165) is 16.5 Å². The number of benzene rings is 1. The van der Waals surface area contributed by atoms with E-state index in [1.54, 1.807) is 5.56 Å². The Morgan fingerprint density at radius 2 is 2.21 bits per heavy atom. The maximum atomic E-state index is 3.85. The third-order valence-corrected chi connectivity index (χ3v) is 6.80. The van der Waals surface area contributed by atoms with Crippen LogP contribution in [0, 0.1) is 0 Å². The molecule has 104 valence electrons. The topological polar surface area (TPSA) is 12.0 Å². The summed E-state index contributed by atoms with van der Waals surface area (Å²) < 4.78 is 0. The van der Waals surface area contributed by atoms with Crippen molar-refractivity contribution in [1.82, 2.24) is 5.32 Å². The highest BCUT2D eigenvalue weighted by molar-refractivity contribution is 8.00. The number of thioether (sulfide) groups is 2. The lowest BCUT2D eigenvalue weighted by Gasteiger charge is -2.22. The van der Waals surface area contributed by atoms with Crippen LogP contribution >= 0.6 is 23.5 Å². The van der Waals surface area contributed by atoms with Crippen LogP contribution in [0.3, 0.4) is 0 Å². The molecule has 1 aliphatic heterocycles. The molecule has 19 heavy (non-hydrogen) atoms. The first-order chi connectivity index (χ1) is 9.36. The standard InChI is InChI=1S/C16H23NS2/c1-2-18-16-9-5-7-14(16)17-11-13-10-12-6-3-4-8-15(12)19-13/h3-4,6,8,13-14,16-17H,2,5,7,9-11H2,1H3. The molecule has 1 saturated carbocycles. The highest BCUT2D eigenvalue weighted by atomic mass is 32.2. The third-order valence-electron chi connectivity index (χ3n) is 4.15. The minimum Gasteiger partial charge on any atom is -0.312 e. The van der Waals surface area contributed by atoms with E-state index in [2.05, 4.69) is 60.0 Å². The van der Waals surface area contributed by atoms with Crippen molar-refractivity contribution in [3.05, 3.63) is 29.8 Å². The van der Waals surface area contributed by atoms with Crippen LogP contribution in [0.4, 0.5) is 0 Å². The number of hydrogen-bond acceptors (Lipinski definition) is 3. The number of rotatable bonds is 5. The smallest absolute Gasteiger partial charge is 0.0260 e. The average Bonchev–Trinajstić information content (AvgIpc) is 3.02. The van der Waals surface area contributed by atoms with Gasteiger partial charge >= 0.3 is 0 Å². The molecule has 1 aromatic rings. The quantitative estimate of drug-likeness (QED) is 0.882. The van der Waals surface area contributed by atoms with E-state index < -0.39 is 0 Å². The Bertz CT molecular complexity index is 396. The Hall–Kier alpha value is -0.120. The van der Waals surface area contributed by atoms with Crippen molar-refractivity contribution >= 4 is 23.5 Å². The van der Waals surface area contributed by atoms with Crippen molar-refractivity contribution in [1.29, 1.82) is 0 Å².